The van der Waals surface area contributed by atoms with Gasteiger partial charge in [-0.15, -0.1) is 0 Å². The number of esters is 1. The van der Waals surface area contributed by atoms with Gasteiger partial charge in [-0.3, -0.25) is 4.39 Å². The molecule has 0 saturated carbocycles. The van der Waals surface area contributed by atoms with Gasteiger partial charge in [-0.05, 0) is 5.56 Å². The number of alkyl halides is 1. The van der Waals surface area contributed by atoms with E-state index in [9.17, 15) is 14.0 Å². The minimum absolute atomic E-state index is 0.0796. The van der Waals surface area contributed by atoms with Crippen LogP contribution in [0.25, 0.3) is 0 Å². The van der Waals surface area contributed by atoms with Crippen LogP contribution in [0, 0.1) is 0 Å². The Morgan fingerprint density at radius 3 is 2.58 bits per heavy atom. The smallest absolute Gasteiger partial charge is 0.408 e. The average Bonchev–Trinajstić information content (AvgIpc) is 2.45. The number of amides is 1. The third-order valence-electron chi connectivity index (χ3n) is 2.39. The molecule has 0 spiro atoms. The molecule has 1 aromatic rings. The largest absolute Gasteiger partial charge is 0.467 e. The second kappa shape index (κ2) is 8.07. The molecule has 0 saturated heterocycles. The van der Waals surface area contributed by atoms with Crippen molar-refractivity contribution in [2.45, 2.75) is 19.1 Å². The van der Waals surface area contributed by atoms with Crippen LogP contribution < -0.4 is 5.32 Å². The van der Waals surface area contributed by atoms with Gasteiger partial charge in [-0.25, -0.2) is 9.59 Å². The minimum atomic E-state index is -1.03. The second-order valence-corrected chi connectivity index (χ2v) is 3.76. The first-order valence-electron chi connectivity index (χ1n) is 5.78. The Hall–Kier alpha value is -2.11. The van der Waals surface area contributed by atoms with Crippen LogP contribution in [-0.4, -0.2) is 31.9 Å². The highest BCUT2D eigenvalue weighted by molar-refractivity contribution is 5.81. The fraction of sp³-hybridized carbons (Fsp3) is 0.385. The summed E-state index contributed by atoms with van der Waals surface area (Å²) in [6, 6.07) is 8.05. The summed E-state index contributed by atoms with van der Waals surface area (Å²) in [5.41, 5.74) is 0.817. The maximum Gasteiger partial charge on any atom is 0.408 e. The summed E-state index contributed by atoms with van der Waals surface area (Å²) in [5.74, 6) is -0.700. The van der Waals surface area contributed by atoms with Gasteiger partial charge in [0.25, 0.3) is 0 Å². The molecule has 104 valence electrons. The molecule has 1 aromatic carbocycles. The average molecular weight is 269 g/mol. The highest BCUT2D eigenvalue weighted by Gasteiger charge is 2.21. The SMILES string of the molecule is COC(=O)[C@H](CCF)NC(=O)OCc1ccccc1. The van der Waals surface area contributed by atoms with Gasteiger partial charge in [-0.1, -0.05) is 30.3 Å². The molecule has 19 heavy (non-hydrogen) atoms. The number of benzene rings is 1. The number of hydrogen-bond acceptors (Lipinski definition) is 4. The first kappa shape index (κ1) is 14.9. The third-order valence-corrected chi connectivity index (χ3v) is 2.39. The van der Waals surface area contributed by atoms with Crippen LogP contribution >= 0.6 is 0 Å². The van der Waals surface area contributed by atoms with Crippen LogP contribution in [0.5, 0.6) is 0 Å². The van der Waals surface area contributed by atoms with Crippen molar-refractivity contribution in [3.8, 4) is 0 Å². The lowest BCUT2D eigenvalue weighted by Crippen LogP contribution is -2.42. The summed E-state index contributed by atoms with van der Waals surface area (Å²) in [6.07, 6.45) is -0.930. The van der Waals surface area contributed by atoms with Crippen molar-refractivity contribution in [3.05, 3.63) is 35.9 Å². The molecule has 0 fully saturated rings. The molecule has 5 nitrogen and oxygen atoms in total. The Labute approximate surface area is 110 Å². The van der Waals surface area contributed by atoms with Crippen molar-refractivity contribution in [1.82, 2.24) is 5.32 Å². The van der Waals surface area contributed by atoms with Crippen LogP contribution in [0.4, 0.5) is 9.18 Å². The number of rotatable bonds is 6. The van der Waals surface area contributed by atoms with Gasteiger partial charge >= 0.3 is 12.1 Å². The van der Waals surface area contributed by atoms with E-state index in [4.69, 9.17) is 4.74 Å². The molecular weight excluding hydrogens is 253 g/mol. The molecule has 0 aliphatic carbocycles. The van der Waals surface area contributed by atoms with E-state index in [1.54, 1.807) is 12.1 Å². The molecular formula is C13H16FNO4. The van der Waals surface area contributed by atoms with Gasteiger partial charge in [0.2, 0.25) is 0 Å². The number of halogens is 1. The molecule has 1 N–H and O–H groups in total. The monoisotopic (exact) mass is 269 g/mol. The molecule has 0 unspecified atom stereocenters. The topological polar surface area (TPSA) is 64.6 Å². The van der Waals surface area contributed by atoms with Crippen LogP contribution in [0.15, 0.2) is 30.3 Å². The first-order chi connectivity index (χ1) is 9.17. The van der Waals surface area contributed by atoms with E-state index in [0.29, 0.717) is 0 Å². The molecule has 6 heteroatoms. The highest BCUT2D eigenvalue weighted by atomic mass is 19.1. The lowest BCUT2D eigenvalue weighted by atomic mass is 10.2. The van der Waals surface area contributed by atoms with Gasteiger partial charge in [0.05, 0.1) is 13.8 Å². The highest BCUT2D eigenvalue weighted by Crippen LogP contribution is 2.02. The van der Waals surface area contributed by atoms with E-state index in [1.807, 2.05) is 18.2 Å². The van der Waals surface area contributed by atoms with Crippen LogP contribution in [0.3, 0.4) is 0 Å². The Morgan fingerprint density at radius 2 is 2.00 bits per heavy atom. The first-order valence-corrected chi connectivity index (χ1v) is 5.78. The van der Waals surface area contributed by atoms with Crippen molar-refractivity contribution in [2.75, 3.05) is 13.8 Å². The number of carbonyl (C=O) groups excluding carboxylic acids is 2. The lowest BCUT2D eigenvalue weighted by Gasteiger charge is -2.14. The molecule has 0 aromatic heterocycles. The van der Waals surface area contributed by atoms with Crippen molar-refractivity contribution in [1.29, 1.82) is 0 Å². The normalized spacial score (nSPS) is 11.5. The van der Waals surface area contributed by atoms with Crippen molar-refractivity contribution in [3.63, 3.8) is 0 Å². The van der Waals surface area contributed by atoms with Crippen molar-refractivity contribution in [2.24, 2.45) is 0 Å². The lowest BCUT2D eigenvalue weighted by molar-refractivity contribution is -0.143. The van der Waals surface area contributed by atoms with Crippen molar-refractivity contribution < 1.29 is 23.5 Å². The van der Waals surface area contributed by atoms with E-state index >= 15 is 0 Å². The number of nitrogens with one attached hydrogen (secondary N) is 1. The maximum atomic E-state index is 12.2. The number of carbonyl (C=O) groups is 2. The van der Waals surface area contributed by atoms with E-state index in [1.165, 1.54) is 7.11 Å². The van der Waals surface area contributed by atoms with E-state index in [2.05, 4.69) is 10.1 Å². The van der Waals surface area contributed by atoms with Gasteiger partial charge in [0, 0.05) is 6.42 Å². The summed E-state index contributed by atoms with van der Waals surface area (Å²) in [6.45, 7) is -0.658. The number of hydrogen-bond donors (Lipinski definition) is 1. The zero-order valence-corrected chi connectivity index (χ0v) is 10.6. The van der Waals surface area contributed by atoms with Crippen LogP contribution in [0.2, 0.25) is 0 Å². The predicted octanol–water partition coefficient (Wildman–Crippen LogP) is 1.81. The summed E-state index contributed by atoms with van der Waals surface area (Å²) in [7, 11) is 1.17. The van der Waals surface area contributed by atoms with E-state index in [-0.39, 0.29) is 13.0 Å². The Kier molecular flexibility index (Phi) is 6.35. The van der Waals surface area contributed by atoms with Crippen molar-refractivity contribution >= 4 is 12.1 Å². The Balaban J connectivity index is 2.42. The van der Waals surface area contributed by atoms with Gasteiger partial charge in [-0.2, -0.15) is 0 Å². The van der Waals surface area contributed by atoms with Gasteiger partial charge < -0.3 is 14.8 Å². The molecule has 0 radical (unpaired) electrons. The van der Waals surface area contributed by atoms with Gasteiger partial charge in [0.1, 0.15) is 12.6 Å². The van der Waals surface area contributed by atoms with E-state index < -0.39 is 24.8 Å². The molecule has 0 bridgehead atoms. The third kappa shape index (κ3) is 5.37. The minimum Gasteiger partial charge on any atom is -0.467 e. The molecule has 0 aliphatic heterocycles. The van der Waals surface area contributed by atoms with Crippen LogP contribution in [0.1, 0.15) is 12.0 Å². The summed E-state index contributed by atoms with van der Waals surface area (Å²) >= 11 is 0. The molecule has 0 aliphatic rings. The summed E-state index contributed by atoms with van der Waals surface area (Å²) < 4.78 is 21.6. The second-order valence-electron chi connectivity index (χ2n) is 3.76. The number of ether oxygens (including phenoxy) is 2. The summed E-state index contributed by atoms with van der Waals surface area (Å²) in [5, 5.41) is 2.26. The standard InChI is InChI=1S/C13H16FNO4/c1-18-12(16)11(7-8-14)15-13(17)19-9-10-5-3-2-4-6-10/h2-6,11H,7-9H2,1H3,(H,15,17)/t11-/m0/s1. The fourth-order valence-electron chi connectivity index (χ4n) is 1.41. The molecule has 1 rings (SSSR count). The Bertz CT molecular complexity index is 410. The van der Waals surface area contributed by atoms with E-state index in [0.717, 1.165) is 5.56 Å². The summed E-state index contributed by atoms with van der Waals surface area (Å²) in [4.78, 5) is 22.7. The fourth-order valence-corrected chi connectivity index (χ4v) is 1.41. The zero-order chi connectivity index (χ0) is 14.1. The molecule has 1 atom stereocenters. The quantitative estimate of drug-likeness (QED) is 0.800. The maximum absolute atomic E-state index is 12.2. The predicted molar refractivity (Wildman–Crippen MR) is 66.2 cm³/mol. The number of alkyl carbamates (subject to hydrolysis) is 1. The van der Waals surface area contributed by atoms with Gasteiger partial charge in [0.15, 0.2) is 0 Å². The molecule has 1 amide bonds. The number of methoxy groups -OCH3 is 1. The Morgan fingerprint density at radius 1 is 1.32 bits per heavy atom. The zero-order valence-electron chi connectivity index (χ0n) is 10.6. The van der Waals surface area contributed by atoms with Crippen LogP contribution in [-0.2, 0) is 20.9 Å². The molecule has 0 heterocycles.